The number of nitrogens with two attached hydrogens (primary N) is 1. The highest BCUT2D eigenvalue weighted by Gasteiger charge is 2.21. The Morgan fingerprint density at radius 3 is 2.65 bits per heavy atom. The zero-order valence-electron chi connectivity index (χ0n) is 15.1. The molecular formula is C19H23N5O2. The van der Waals surface area contributed by atoms with E-state index in [1.165, 1.54) is 0 Å². The fourth-order valence-electron chi connectivity index (χ4n) is 2.63. The van der Waals surface area contributed by atoms with E-state index < -0.39 is 0 Å². The summed E-state index contributed by atoms with van der Waals surface area (Å²) < 4.78 is 0. The Morgan fingerprint density at radius 1 is 1.31 bits per heavy atom. The zero-order valence-corrected chi connectivity index (χ0v) is 15.1. The van der Waals surface area contributed by atoms with Gasteiger partial charge in [0.25, 0.3) is 5.91 Å². The number of fused-ring (bicyclic) bond motifs is 1. The molecule has 26 heavy (non-hydrogen) atoms. The molecule has 2 heterocycles. The molecule has 0 radical (unpaired) electrons. The van der Waals surface area contributed by atoms with E-state index in [1.807, 2.05) is 20.8 Å². The monoisotopic (exact) mass is 353 g/mol. The SMILES string of the molecule is Cc1n[nH]c2nc(-c3ccc(O)cc3)cc(C(=O)NCC(C)(C)CN)c12. The van der Waals surface area contributed by atoms with E-state index in [1.54, 1.807) is 30.3 Å². The maximum Gasteiger partial charge on any atom is 0.252 e. The third-order valence-corrected chi connectivity index (χ3v) is 4.40. The van der Waals surface area contributed by atoms with Crippen molar-refractivity contribution in [1.29, 1.82) is 0 Å². The smallest absolute Gasteiger partial charge is 0.252 e. The summed E-state index contributed by atoms with van der Waals surface area (Å²) in [4.78, 5) is 17.4. The van der Waals surface area contributed by atoms with Gasteiger partial charge in [-0.15, -0.1) is 0 Å². The molecule has 0 bridgehead atoms. The van der Waals surface area contributed by atoms with Crippen LogP contribution in [0.15, 0.2) is 30.3 Å². The molecule has 0 atom stereocenters. The van der Waals surface area contributed by atoms with Crippen LogP contribution in [0.2, 0.25) is 0 Å². The molecule has 7 heteroatoms. The predicted molar refractivity (Wildman–Crippen MR) is 101 cm³/mol. The number of nitrogens with zero attached hydrogens (tertiary/aromatic N) is 2. The number of pyridine rings is 1. The van der Waals surface area contributed by atoms with E-state index in [-0.39, 0.29) is 17.1 Å². The van der Waals surface area contributed by atoms with E-state index in [9.17, 15) is 9.90 Å². The number of aromatic hydroxyl groups is 1. The third-order valence-electron chi connectivity index (χ3n) is 4.40. The lowest BCUT2D eigenvalue weighted by atomic mass is 9.93. The van der Waals surface area contributed by atoms with Crippen LogP contribution in [0.5, 0.6) is 5.75 Å². The number of carbonyl (C=O) groups excluding carboxylic acids is 1. The molecule has 3 aromatic rings. The second-order valence-corrected chi connectivity index (χ2v) is 7.19. The maximum absolute atomic E-state index is 12.8. The van der Waals surface area contributed by atoms with Gasteiger partial charge in [0.15, 0.2) is 5.65 Å². The number of nitrogens with one attached hydrogen (secondary N) is 2. The molecule has 0 aliphatic rings. The number of H-pyrrole nitrogens is 1. The Hall–Kier alpha value is -2.93. The minimum absolute atomic E-state index is 0.175. The molecule has 0 saturated heterocycles. The van der Waals surface area contributed by atoms with Gasteiger partial charge in [-0.2, -0.15) is 5.10 Å². The summed E-state index contributed by atoms with van der Waals surface area (Å²) in [5.74, 6) is -0.0161. The fraction of sp³-hybridized carbons (Fsp3) is 0.316. The van der Waals surface area contributed by atoms with Gasteiger partial charge < -0.3 is 16.2 Å². The van der Waals surface area contributed by atoms with Gasteiger partial charge in [-0.25, -0.2) is 4.98 Å². The first-order valence-electron chi connectivity index (χ1n) is 8.44. The normalized spacial score (nSPS) is 11.7. The lowest BCUT2D eigenvalue weighted by Gasteiger charge is -2.22. The van der Waals surface area contributed by atoms with Gasteiger partial charge >= 0.3 is 0 Å². The number of hydrogen-bond acceptors (Lipinski definition) is 5. The van der Waals surface area contributed by atoms with Crippen molar-refractivity contribution in [2.24, 2.45) is 11.1 Å². The lowest BCUT2D eigenvalue weighted by Crippen LogP contribution is -2.38. The summed E-state index contributed by atoms with van der Waals surface area (Å²) >= 11 is 0. The van der Waals surface area contributed by atoms with Gasteiger partial charge in [0.2, 0.25) is 0 Å². The molecule has 1 amide bonds. The van der Waals surface area contributed by atoms with Crippen molar-refractivity contribution in [3.8, 4) is 17.0 Å². The fourth-order valence-corrected chi connectivity index (χ4v) is 2.63. The van der Waals surface area contributed by atoms with Crippen LogP contribution in [0.25, 0.3) is 22.3 Å². The van der Waals surface area contributed by atoms with Gasteiger partial charge in [-0.05, 0) is 49.2 Å². The van der Waals surface area contributed by atoms with Crippen LogP contribution in [0.3, 0.4) is 0 Å². The van der Waals surface area contributed by atoms with Crippen molar-refractivity contribution in [1.82, 2.24) is 20.5 Å². The number of aryl methyl sites for hydroxylation is 1. The molecule has 5 N–H and O–H groups in total. The minimum Gasteiger partial charge on any atom is -0.508 e. The highest BCUT2D eigenvalue weighted by atomic mass is 16.3. The number of phenolic OH excluding ortho intramolecular Hbond substituents is 1. The van der Waals surface area contributed by atoms with E-state index in [0.29, 0.717) is 41.1 Å². The molecule has 2 aromatic heterocycles. The van der Waals surface area contributed by atoms with Gasteiger partial charge in [0.05, 0.1) is 22.3 Å². The first kappa shape index (κ1) is 17.9. The number of aromatic nitrogens is 3. The number of aromatic amines is 1. The summed E-state index contributed by atoms with van der Waals surface area (Å²) in [5, 5.41) is 20.2. The van der Waals surface area contributed by atoms with Crippen LogP contribution in [-0.2, 0) is 0 Å². The first-order valence-corrected chi connectivity index (χ1v) is 8.44. The number of benzene rings is 1. The topological polar surface area (TPSA) is 117 Å². The molecule has 3 rings (SSSR count). The molecule has 7 nitrogen and oxygen atoms in total. The van der Waals surface area contributed by atoms with Crippen LogP contribution in [-0.4, -0.2) is 39.3 Å². The van der Waals surface area contributed by atoms with Crippen LogP contribution < -0.4 is 11.1 Å². The largest absolute Gasteiger partial charge is 0.508 e. The second-order valence-electron chi connectivity index (χ2n) is 7.19. The Balaban J connectivity index is 2.03. The molecular weight excluding hydrogens is 330 g/mol. The van der Waals surface area contributed by atoms with Gasteiger partial charge in [0, 0.05) is 12.1 Å². The zero-order chi connectivity index (χ0) is 18.9. The summed E-state index contributed by atoms with van der Waals surface area (Å²) in [6, 6.07) is 8.44. The van der Waals surface area contributed by atoms with Gasteiger partial charge in [-0.3, -0.25) is 9.89 Å². The number of carbonyl (C=O) groups is 1. The highest BCUT2D eigenvalue weighted by molar-refractivity contribution is 6.07. The molecule has 0 fully saturated rings. The van der Waals surface area contributed by atoms with E-state index >= 15 is 0 Å². The molecule has 0 unspecified atom stereocenters. The number of amides is 1. The Bertz CT molecular complexity index is 944. The summed E-state index contributed by atoms with van der Waals surface area (Å²) in [5.41, 5.74) is 8.76. The first-order chi connectivity index (χ1) is 12.3. The van der Waals surface area contributed by atoms with Crippen molar-refractivity contribution in [2.45, 2.75) is 20.8 Å². The van der Waals surface area contributed by atoms with Gasteiger partial charge in [0.1, 0.15) is 5.75 Å². The van der Waals surface area contributed by atoms with Crippen LogP contribution in [0.4, 0.5) is 0 Å². The standard InChI is InChI=1S/C19H23N5O2/c1-11-16-14(18(26)21-10-19(2,3)9-20)8-15(22-17(16)24-23-11)12-4-6-13(25)7-5-12/h4-8,25H,9-10,20H2,1-3H3,(H,21,26)(H,22,23,24). The molecule has 0 saturated carbocycles. The van der Waals surface area contributed by atoms with Crippen LogP contribution in [0, 0.1) is 12.3 Å². The van der Waals surface area contributed by atoms with Crippen molar-refractivity contribution < 1.29 is 9.90 Å². The van der Waals surface area contributed by atoms with Gasteiger partial charge in [-0.1, -0.05) is 13.8 Å². The maximum atomic E-state index is 12.8. The molecule has 1 aromatic carbocycles. The predicted octanol–water partition coefficient (Wildman–Crippen LogP) is 2.35. The molecule has 0 aliphatic carbocycles. The van der Waals surface area contributed by atoms with Crippen LogP contribution in [0.1, 0.15) is 29.9 Å². The number of phenols is 1. The minimum atomic E-state index is -0.191. The molecule has 0 aliphatic heterocycles. The molecule has 0 spiro atoms. The number of rotatable bonds is 5. The van der Waals surface area contributed by atoms with E-state index in [2.05, 4.69) is 20.5 Å². The average Bonchev–Trinajstić information content (AvgIpc) is 3.01. The van der Waals surface area contributed by atoms with E-state index in [0.717, 1.165) is 5.56 Å². The summed E-state index contributed by atoms with van der Waals surface area (Å²) in [7, 11) is 0. The summed E-state index contributed by atoms with van der Waals surface area (Å²) in [6.07, 6.45) is 0. The average molecular weight is 353 g/mol. The summed E-state index contributed by atoms with van der Waals surface area (Å²) in [6.45, 7) is 6.78. The highest BCUT2D eigenvalue weighted by Crippen LogP contribution is 2.27. The number of hydrogen-bond donors (Lipinski definition) is 4. The van der Waals surface area contributed by atoms with Crippen molar-refractivity contribution >= 4 is 16.9 Å². The second kappa shape index (κ2) is 6.76. The Labute approximate surface area is 151 Å². The lowest BCUT2D eigenvalue weighted by molar-refractivity contribution is 0.0939. The Kier molecular flexibility index (Phi) is 4.65. The van der Waals surface area contributed by atoms with Crippen molar-refractivity contribution in [3.63, 3.8) is 0 Å². The van der Waals surface area contributed by atoms with Crippen LogP contribution >= 0.6 is 0 Å². The third kappa shape index (κ3) is 3.52. The molecule has 136 valence electrons. The quantitative estimate of drug-likeness (QED) is 0.562. The van der Waals surface area contributed by atoms with Crippen molar-refractivity contribution in [2.75, 3.05) is 13.1 Å². The van der Waals surface area contributed by atoms with E-state index in [4.69, 9.17) is 5.73 Å². The Morgan fingerprint density at radius 2 is 2.00 bits per heavy atom. The van der Waals surface area contributed by atoms with Crippen molar-refractivity contribution in [3.05, 3.63) is 41.6 Å².